The van der Waals surface area contributed by atoms with E-state index in [1.165, 1.54) is 12.1 Å². The van der Waals surface area contributed by atoms with Crippen molar-refractivity contribution in [1.29, 1.82) is 0 Å². The topological polar surface area (TPSA) is 84.6 Å². The lowest BCUT2D eigenvalue weighted by Gasteiger charge is -2.06. The van der Waals surface area contributed by atoms with Crippen LogP contribution in [-0.2, 0) is 11.2 Å². The lowest BCUT2D eigenvalue weighted by Crippen LogP contribution is -2.21. The molecule has 3 aromatic rings. The molecule has 1 N–H and O–H groups in total. The standard InChI is InChI=1S/C20H17N3O3/c1-14(16-8-5-10-18(12-16)23(25)26)21-22-20(24)13-17-9-4-7-15-6-2-3-11-19(15)17/h2-12H,13H2,1H3,(H,22,24). The molecule has 26 heavy (non-hydrogen) atoms. The predicted molar refractivity (Wildman–Crippen MR) is 101 cm³/mol. The molecule has 1 amide bonds. The number of nitro groups is 1. The molecule has 6 heteroatoms. The van der Waals surface area contributed by atoms with Crippen LogP contribution in [0.25, 0.3) is 10.8 Å². The fourth-order valence-corrected chi connectivity index (χ4v) is 2.71. The summed E-state index contributed by atoms with van der Waals surface area (Å²) < 4.78 is 0. The van der Waals surface area contributed by atoms with Gasteiger partial charge in [-0.15, -0.1) is 0 Å². The lowest BCUT2D eigenvalue weighted by atomic mass is 10.0. The van der Waals surface area contributed by atoms with Crippen LogP contribution in [0.15, 0.2) is 71.8 Å². The van der Waals surface area contributed by atoms with Gasteiger partial charge in [-0.3, -0.25) is 14.9 Å². The van der Waals surface area contributed by atoms with Gasteiger partial charge in [0, 0.05) is 17.7 Å². The van der Waals surface area contributed by atoms with Crippen molar-refractivity contribution >= 4 is 28.1 Å². The molecule has 130 valence electrons. The van der Waals surface area contributed by atoms with E-state index in [-0.39, 0.29) is 18.0 Å². The van der Waals surface area contributed by atoms with E-state index >= 15 is 0 Å². The van der Waals surface area contributed by atoms with E-state index in [9.17, 15) is 14.9 Å². The fourth-order valence-electron chi connectivity index (χ4n) is 2.71. The molecule has 0 saturated heterocycles. The number of amides is 1. The second kappa shape index (κ2) is 7.57. The van der Waals surface area contributed by atoms with Gasteiger partial charge in [-0.2, -0.15) is 5.10 Å². The van der Waals surface area contributed by atoms with Gasteiger partial charge in [0.1, 0.15) is 0 Å². The quantitative estimate of drug-likeness (QED) is 0.432. The maximum atomic E-state index is 12.2. The molecule has 0 aromatic heterocycles. The molecule has 0 aliphatic carbocycles. The number of nitrogens with zero attached hydrogens (tertiary/aromatic N) is 2. The van der Waals surface area contributed by atoms with Gasteiger partial charge in [-0.1, -0.05) is 54.6 Å². The average Bonchev–Trinajstić information content (AvgIpc) is 2.66. The maximum absolute atomic E-state index is 12.2. The molecule has 6 nitrogen and oxygen atoms in total. The zero-order valence-corrected chi connectivity index (χ0v) is 14.2. The Morgan fingerprint density at radius 3 is 2.62 bits per heavy atom. The molecule has 0 atom stereocenters. The molecule has 0 aliphatic rings. The molecule has 0 spiro atoms. The van der Waals surface area contributed by atoms with Crippen LogP contribution in [0, 0.1) is 10.1 Å². The van der Waals surface area contributed by atoms with E-state index in [0.29, 0.717) is 11.3 Å². The van der Waals surface area contributed by atoms with Crippen molar-refractivity contribution in [3.8, 4) is 0 Å². The Morgan fingerprint density at radius 1 is 1.08 bits per heavy atom. The molecule has 0 heterocycles. The summed E-state index contributed by atoms with van der Waals surface area (Å²) in [6.45, 7) is 1.69. The third kappa shape index (κ3) is 3.92. The number of nitro benzene ring substituents is 1. The van der Waals surface area contributed by atoms with Crippen molar-refractivity contribution in [3.05, 3.63) is 88.0 Å². The average molecular weight is 347 g/mol. The first-order valence-corrected chi connectivity index (χ1v) is 8.09. The molecule has 0 aliphatic heterocycles. The van der Waals surface area contributed by atoms with E-state index in [1.807, 2.05) is 42.5 Å². The molecule has 3 rings (SSSR count). The van der Waals surface area contributed by atoms with E-state index < -0.39 is 4.92 Å². The second-order valence-electron chi connectivity index (χ2n) is 5.85. The van der Waals surface area contributed by atoms with Crippen LogP contribution >= 0.6 is 0 Å². The first kappa shape index (κ1) is 17.3. The van der Waals surface area contributed by atoms with Gasteiger partial charge in [0.25, 0.3) is 5.69 Å². The molecule has 0 bridgehead atoms. The third-order valence-electron chi connectivity index (χ3n) is 4.05. The van der Waals surface area contributed by atoms with Crippen LogP contribution in [0.3, 0.4) is 0 Å². The van der Waals surface area contributed by atoms with Gasteiger partial charge in [-0.05, 0) is 23.3 Å². The molecular weight excluding hydrogens is 330 g/mol. The van der Waals surface area contributed by atoms with Crippen LogP contribution in [-0.4, -0.2) is 16.5 Å². The number of hydrogen-bond acceptors (Lipinski definition) is 4. The van der Waals surface area contributed by atoms with Crippen LogP contribution in [0.4, 0.5) is 5.69 Å². The highest BCUT2D eigenvalue weighted by molar-refractivity contribution is 6.00. The van der Waals surface area contributed by atoms with Crippen LogP contribution < -0.4 is 5.43 Å². The minimum Gasteiger partial charge on any atom is -0.273 e. The van der Waals surface area contributed by atoms with Crippen LogP contribution in [0.2, 0.25) is 0 Å². The van der Waals surface area contributed by atoms with Crippen molar-refractivity contribution in [2.24, 2.45) is 5.10 Å². The maximum Gasteiger partial charge on any atom is 0.270 e. The van der Waals surface area contributed by atoms with Gasteiger partial charge in [-0.25, -0.2) is 5.43 Å². The van der Waals surface area contributed by atoms with Crippen molar-refractivity contribution < 1.29 is 9.72 Å². The largest absolute Gasteiger partial charge is 0.273 e. The van der Waals surface area contributed by atoms with E-state index in [2.05, 4.69) is 10.5 Å². The van der Waals surface area contributed by atoms with Crippen LogP contribution in [0.1, 0.15) is 18.1 Å². The summed E-state index contributed by atoms with van der Waals surface area (Å²) in [5.41, 5.74) is 4.52. The summed E-state index contributed by atoms with van der Waals surface area (Å²) >= 11 is 0. The number of carbonyl (C=O) groups is 1. The normalized spacial score (nSPS) is 11.3. The number of hydrogen-bond donors (Lipinski definition) is 1. The van der Waals surface area contributed by atoms with Gasteiger partial charge in [0.15, 0.2) is 0 Å². The third-order valence-corrected chi connectivity index (χ3v) is 4.05. The second-order valence-corrected chi connectivity index (χ2v) is 5.85. The number of hydrazone groups is 1. The number of nitrogens with one attached hydrogen (secondary N) is 1. The Balaban J connectivity index is 1.72. The monoisotopic (exact) mass is 347 g/mol. The Kier molecular flexibility index (Phi) is 5.03. The van der Waals surface area contributed by atoms with Gasteiger partial charge in [0.05, 0.1) is 17.1 Å². The molecular formula is C20H17N3O3. The van der Waals surface area contributed by atoms with Gasteiger partial charge >= 0.3 is 0 Å². The minimum atomic E-state index is -0.462. The number of carbonyl (C=O) groups excluding carboxylic acids is 1. The fraction of sp³-hybridized carbons (Fsp3) is 0.100. The molecule has 0 saturated carbocycles. The number of non-ortho nitro benzene ring substituents is 1. The zero-order valence-electron chi connectivity index (χ0n) is 14.2. The highest BCUT2D eigenvalue weighted by atomic mass is 16.6. The van der Waals surface area contributed by atoms with Crippen molar-refractivity contribution in [2.45, 2.75) is 13.3 Å². The summed E-state index contributed by atoms with van der Waals surface area (Å²) in [5, 5.41) is 17.0. The smallest absolute Gasteiger partial charge is 0.270 e. The van der Waals surface area contributed by atoms with E-state index in [4.69, 9.17) is 0 Å². The van der Waals surface area contributed by atoms with E-state index in [0.717, 1.165) is 16.3 Å². The highest BCUT2D eigenvalue weighted by Gasteiger charge is 2.09. The SMILES string of the molecule is CC(=NNC(=O)Cc1cccc2ccccc12)c1cccc([N+](=O)[O-])c1. The number of benzene rings is 3. The number of rotatable bonds is 5. The first-order chi connectivity index (χ1) is 12.5. The summed E-state index contributed by atoms with van der Waals surface area (Å²) in [7, 11) is 0. The van der Waals surface area contributed by atoms with Crippen molar-refractivity contribution in [2.75, 3.05) is 0 Å². The Hall–Kier alpha value is -3.54. The molecule has 0 unspecified atom stereocenters. The zero-order chi connectivity index (χ0) is 18.5. The molecule has 0 fully saturated rings. The molecule has 3 aromatic carbocycles. The Labute approximate surface area is 150 Å². The number of fused-ring (bicyclic) bond motifs is 1. The van der Waals surface area contributed by atoms with Gasteiger partial charge < -0.3 is 0 Å². The Bertz CT molecular complexity index is 1010. The van der Waals surface area contributed by atoms with Gasteiger partial charge in [0.2, 0.25) is 5.91 Å². The predicted octanol–water partition coefficient (Wildman–Crippen LogP) is 3.83. The Morgan fingerprint density at radius 2 is 1.81 bits per heavy atom. The summed E-state index contributed by atoms with van der Waals surface area (Å²) in [6, 6.07) is 19.9. The van der Waals surface area contributed by atoms with Crippen LogP contribution in [0.5, 0.6) is 0 Å². The summed E-state index contributed by atoms with van der Waals surface area (Å²) in [6.07, 6.45) is 0.201. The first-order valence-electron chi connectivity index (χ1n) is 8.09. The van der Waals surface area contributed by atoms with E-state index in [1.54, 1.807) is 19.1 Å². The lowest BCUT2D eigenvalue weighted by molar-refractivity contribution is -0.384. The highest BCUT2D eigenvalue weighted by Crippen LogP contribution is 2.19. The summed E-state index contributed by atoms with van der Waals surface area (Å²) in [5.74, 6) is -0.244. The minimum absolute atomic E-state index is 0.0147. The molecule has 0 radical (unpaired) electrons. The van der Waals surface area contributed by atoms with Crippen molar-refractivity contribution in [1.82, 2.24) is 5.43 Å². The summed E-state index contributed by atoms with van der Waals surface area (Å²) in [4.78, 5) is 22.6. The van der Waals surface area contributed by atoms with Crippen molar-refractivity contribution in [3.63, 3.8) is 0 Å².